The molecule has 1 atom stereocenters. The molecule has 0 heterocycles. The smallest absolute Gasteiger partial charge is 0.328 e. The van der Waals surface area contributed by atoms with Crippen LogP contribution in [-0.4, -0.2) is 24.0 Å². The molecule has 0 aliphatic carbocycles. The molecule has 1 unspecified atom stereocenters. The predicted molar refractivity (Wildman–Crippen MR) is 67.6 cm³/mol. The molecule has 98 valence electrons. The van der Waals surface area contributed by atoms with E-state index in [1.807, 2.05) is 6.92 Å². The number of hydrogen-bond donors (Lipinski definition) is 1. The zero-order valence-corrected chi connectivity index (χ0v) is 10.6. The lowest BCUT2D eigenvalue weighted by Crippen LogP contribution is -2.29. The molecule has 6 heteroatoms. The van der Waals surface area contributed by atoms with Crippen LogP contribution in [-0.2, 0) is 9.53 Å². The number of anilines is 1. The molecule has 0 amide bonds. The normalized spacial score (nSPS) is 11.7. The first-order valence-corrected chi connectivity index (χ1v) is 5.58. The van der Waals surface area contributed by atoms with E-state index in [-0.39, 0.29) is 11.7 Å². The number of aryl methyl sites for hydroxylation is 1. The summed E-state index contributed by atoms with van der Waals surface area (Å²) in [5.74, 6) is -0.387. The van der Waals surface area contributed by atoms with Crippen LogP contribution in [0.15, 0.2) is 18.2 Å². The highest BCUT2D eigenvalue weighted by Crippen LogP contribution is 2.21. The minimum Gasteiger partial charge on any atom is -0.467 e. The Morgan fingerprint density at radius 1 is 1.50 bits per heavy atom. The van der Waals surface area contributed by atoms with Crippen molar-refractivity contribution in [2.75, 3.05) is 12.4 Å². The summed E-state index contributed by atoms with van der Waals surface area (Å²) >= 11 is 0. The summed E-state index contributed by atoms with van der Waals surface area (Å²) < 4.78 is 4.65. The number of nitrogens with zero attached hydrogens (tertiary/aromatic N) is 1. The summed E-state index contributed by atoms with van der Waals surface area (Å²) in [6.07, 6.45) is 0.536. The van der Waals surface area contributed by atoms with E-state index in [1.165, 1.54) is 19.2 Å². The Balaban J connectivity index is 2.96. The van der Waals surface area contributed by atoms with Crippen LogP contribution in [0.1, 0.15) is 18.9 Å². The van der Waals surface area contributed by atoms with Crippen LogP contribution in [0.4, 0.5) is 11.4 Å². The summed E-state index contributed by atoms with van der Waals surface area (Å²) in [7, 11) is 1.31. The maximum absolute atomic E-state index is 11.4. The van der Waals surface area contributed by atoms with Crippen molar-refractivity contribution < 1.29 is 14.5 Å². The molecule has 0 aliphatic rings. The number of hydrogen-bond acceptors (Lipinski definition) is 5. The Morgan fingerprint density at radius 3 is 2.67 bits per heavy atom. The van der Waals surface area contributed by atoms with Crippen LogP contribution in [0.5, 0.6) is 0 Å². The molecule has 18 heavy (non-hydrogen) atoms. The van der Waals surface area contributed by atoms with Crippen molar-refractivity contribution in [2.45, 2.75) is 26.3 Å². The van der Waals surface area contributed by atoms with Gasteiger partial charge in [0.1, 0.15) is 6.04 Å². The summed E-state index contributed by atoms with van der Waals surface area (Å²) in [5, 5.41) is 13.7. The molecule has 0 radical (unpaired) electrons. The van der Waals surface area contributed by atoms with Crippen LogP contribution < -0.4 is 5.32 Å². The minimum absolute atomic E-state index is 0.00258. The first kappa shape index (κ1) is 14.0. The topological polar surface area (TPSA) is 81.5 Å². The summed E-state index contributed by atoms with van der Waals surface area (Å²) in [6.45, 7) is 3.59. The lowest BCUT2D eigenvalue weighted by Gasteiger charge is -2.15. The average molecular weight is 252 g/mol. The van der Waals surface area contributed by atoms with Gasteiger partial charge in [0, 0.05) is 17.8 Å². The molecule has 0 saturated carbocycles. The van der Waals surface area contributed by atoms with E-state index < -0.39 is 11.0 Å². The molecule has 6 nitrogen and oxygen atoms in total. The second kappa shape index (κ2) is 6.00. The molecular formula is C12H16N2O4. The van der Waals surface area contributed by atoms with Crippen LogP contribution >= 0.6 is 0 Å². The van der Waals surface area contributed by atoms with Crippen LogP contribution in [0.2, 0.25) is 0 Å². The third-order valence-corrected chi connectivity index (χ3v) is 2.51. The van der Waals surface area contributed by atoms with Gasteiger partial charge in [0.25, 0.3) is 5.69 Å². The number of carbonyl (C=O) groups is 1. The predicted octanol–water partition coefficient (Wildman–Crippen LogP) is 2.27. The van der Waals surface area contributed by atoms with Crippen molar-refractivity contribution in [1.29, 1.82) is 0 Å². The van der Waals surface area contributed by atoms with Gasteiger partial charge in [-0.25, -0.2) is 4.79 Å². The quantitative estimate of drug-likeness (QED) is 0.494. The van der Waals surface area contributed by atoms with Crippen molar-refractivity contribution in [1.82, 2.24) is 0 Å². The molecule has 0 aromatic heterocycles. The van der Waals surface area contributed by atoms with E-state index >= 15 is 0 Å². The van der Waals surface area contributed by atoms with Crippen molar-refractivity contribution in [3.63, 3.8) is 0 Å². The van der Waals surface area contributed by atoms with Gasteiger partial charge in [-0.2, -0.15) is 0 Å². The van der Waals surface area contributed by atoms with Gasteiger partial charge in [0.2, 0.25) is 0 Å². The fourth-order valence-electron chi connectivity index (χ4n) is 1.62. The first-order valence-electron chi connectivity index (χ1n) is 5.58. The highest BCUT2D eigenvalue weighted by atomic mass is 16.6. The van der Waals surface area contributed by atoms with Crippen molar-refractivity contribution in [2.24, 2.45) is 0 Å². The van der Waals surface area contributed by atoms with Crippen LogP contribution in [0.3, 0.4) is 0 Å². The number of nitrogens with one attached hydrogen (secondary N) is 1. The van der Waals surface area contributed by atoms with E-state index in [4.69, 9.17) is 0 Å². The number of non-ortho nitro benzene ring substituents is 1. The lowest BCUT2D eigenvalue weighted by molar-refractivity contribution is -0.384. The SMILES string of the molecule is CCC(Nc1cc(C)cc([N+](=O)[O-])c1)C(=O)OC. The fourth-order valence-corrected chi connectivity index (χ4v) is 1.62. The zero-order chi connectivity index (χ0) is 13.7. The molecule has 0 spiro atoms. The van der Waals surface area contributed by atoms with Crippen LogP contribution in [0.25, 0.3) is 0 Å². The molecule has 1 aromatic rings. The van der Waals surface area contributed by atoms with E-state index in [2.05, 4.69) is 10.1 Å². The Kier molecular flexibility index (Phi) is 4.65. The Morgan fingerprint density at radius 2 is 2.17 bits per heavy atom. The van der Waals surface area contributed by atoms with Gasteiger partial charge >= 0.3 is 5.97 Å². The molecular weight excluding hydrogens is 236 g/mol. The third kappa shape index (κ3) is 3.44. The number of nitro groups is 1. The third-order valence-electron chi connectivity index (χ3n) is 2.51. The standard InChI is InChI=1S/C12H16N2O4/c1-4-11(12(15)18-3)13-9-5-8(2)6-10(7-9)14(16)17/h5-7,11,13H,4H2,1-3H3. The first-order chi connectivity index (χ1) is 8.47. The Bertz CT molecular complexity index is 459. The average Bonchev–Trinajstić information content (AvgIpc) is 2.34. The van der Waals surface area contributed by atoms with Gasteiger partial charge < -0.3 is 10.1 Å². The monoisotopic (exact) mass is 252 g/mol. The van der Waals surface area contributed by atoms with Crippen molar-refractivity contribution in [3.8, 4) is 0 Å². The molecule has 0 aliphatic heterocycles. The van der Waals surface area contributed by atoms with Gasteiger partial charge in [-0.3, -0.25) is 10.1 Å². The summed E-state index contributed by atoms with van der Waals surface area (Å²) in [6, 6.07) is 4.12. The van der Waals surface area contributed by atoms with Crippen molar-refractivity contribution in [3.05, 3.63) is 33.9 Å². The number of ether oxygens (including phenoxy) is 1. The molecule has 1 aromatic carbocycles. The van der Waals surface area contributed by atoms with E-state index in [0.717, 1.165) is 5.56 Å². The number of methoxy groups -OCH3 is 1. The largest absolute Gasteiger partial charge is 0.467 e. The molecule has 1 N–H and O–H groups in total. The molecule has 0 fully saturated rings. The number of rotatable bonds is 5. The number of nitro benzene ring substituents is 1. The van der Waals surface area contributed by atoms with Crippen molar-refractivity contribution >= 4 is 17.3 Å². The maximum Gasteiger partial charge on any atom is 0.328 e. The number of carbonyl (C=O) groups excluding carboxylic acids is 1. The summed E-state index contributed by atoms with van der Waals surface area (Å²) in [5.41, 5.74) is 1.29. The highest BCUT2D eigenvalue weighted by Gasteiger charge is 2.17. The highest BCUT2D eigenvalue weighted by molar-refractivity contribution is 5.79. The lowest BCUT2D eigenvalue weighted by atomic mass is 10.1. The maximum atomic E-state index is 11.4. The second-order valence-corrected chi connectivity index (χ2v) is 3.94. The number of esters is 1. The Hall–Kier alpha value is -2.11. The van der Waals surface area contributed by atoms with Gasteiger partial charge in [0.05, 0.1) is 12.0 Å². The van der Waals surface area contributed by atoms with Gasteiger partial charge in [-0.15, -0.1) is 0 Å². The molecule has 1 rings (SSSR count). The van der Waals surface area contributed by atoms with E-state index in [1.54, 1.807) is 13.0 Å². The fraction of sp³-hybridized carbons (Fsp3) is 0.417. The minimum atomic E-state index is -0.503. The molecule has 0 saturated heterocycles. The second-order valence-electron chi connectivity index (χ2n) is 3.94. The number of benzene rings is 1. The van der Waals surface area contributed by atoms with Crippen LogP contribution in [0, 0.1) is 17.0 Å². The zero-order valence-electron chi connectivity index (χ0n) is 10.6. The summed E-state index contributed by atoms with van der Waals surface area (Å²) in [4.78, 5) is 21.7. The van der Waals surface area contributed by atoms with Gasteiger partial charge in [0.15, 0.2) is 0 Å². The molecule has 0 bridgehead atoms. The van der Waals surface area contributed by atoms with Gasteiger partial charge in [-0.1, -0.05) is 6.92 Å². The van der Waals surface area contributed by atoms with E-state index in [9.17, 15) is 14.9 Å². The van der Waals surface area contributed by atoms with E-state index in [0.29, 0.717) is 12.1 Å². The van der Waals surface area contributed by atoms with Gasteiger partial charge in [-0.05, 0) is 25.0 Å². The Labute approximate surface area is 105 Å².